The van der Waals surface area contributed by atoms with E-state index in [2.05, 4.69) is 47.8 Å². The van der Waals surface area contributed by atoms with E-state index in [1.54, 1.807) is 0 Å². The first kappa shape index (κ1) is 17.8. The van der Waals surface area contributed by atoms with Crippen molar-refractivity contribution in [2.24, 2.45) is 0 Å². The average molecular weight is 539 g/mol. The number of rotatable bonds is 3. The van der Waals surface area contributed by atoms with E-state index in [9.17, 15) is 4.79 Å². The second-order valence-corrected chi connectivity index (χ2v) is 8.36. The molecule has 3 nitrogen and oxygen atoms in total. The minimum Gasteiger partial charge on any atom is -0.487 e. The number of hydrogen-bond donors (Lipinski definition) is 0. The van der Waals surface area contributed by atoms with Crippen molar-refractivity contribution in [3.8, 4) is 5.75 Å². The van der Waals surface area contributed by atoms with Crippen LogP contribution in [-0.4, -0.2) is 0 Å². The van der Waals surface area contributed by atoms with Crippen LogP contribution >= 0.6 is 47.8 Å². The summed E-state index contributed by atoms with van der Waals surface area (Å²) in [7, 11) is 0. The summed E-state index contributed by atoms with van der Waals surface area (Å²) < 4.78 is 14.0. The molecule has 0 aliphatic carbocycles. The monoisotopic (exact) mass is 536 g/mol. The minimum absolute atomic E-state index is 0.245. The van der Waals surface area contributed by atoms with E-state index in [0.29, 0.717) is 11.3 Å². The van der Waals surface area contributed by atoms with Gasteiger partial charge in [0, 0.05) is 21.5 Å². The van der Waals surface area contributed by atoms with E-state index < -0.39 is 0 Å². The molecule has 130 valence electrons. The lowest BCUT2D eigenvalue weighted by Crippen LogP contribution is -2.05. The molecule has 0 saturated heterocycles. The Morgan fingerprint density at radius 2 is 1.65 bits per heavy atom. The summed E-state index contributed by atoms with van der Waals surface area (Å²) in [5.74, 6) is 0.676. The van der Waals surface area contributed by atoms with Gasteiger partial charge in [-0.2, -0.15) is 0 Å². The van der Waals surface area contributed by atoms with Gasteiger partial charge in [-0.3, -0.25) is 0 Å². The summed E-state index contributed by atoms with van der Waals surface area (Å²) in [6.45, 7) is 0.245. The molecule has 0 spiro atoms. The Hall–Kier alpha value is -1.63. The molecule has 4 rings (SSSR count). The molecule has 6 heteroatoms. The van der Waals surface area contributed by atoms with E-state index in [4.69, 9.17) is 9.15 Å². The fourth-order valence-electron chi connectivity index (χ4n) is 2.95. The smallest absolute Gasteiger partial charge is 0.336 e. The van der Waals surface area contributed by atoms with Crippen LogP contribution in [0, 0.1) is 0 Å². The van der Waals surface area contributed by atoms with Gasteiger partial charge in [0.05, 0.1) is 8.95 Å². The van der Waals surface area contributed by atoms with Gasteiger partial charge in [-0.1, -0.05) is 46.3 Å². The Balaban J connectivity index is 1.84. The minimum atomic E-state index is -0.389. The number of ether oxygens (including phenoxy) is 1. The zero-order chi connectivity index (χ0) is 18.3. The van der Waals surface area contributed by atoms with Gasteiger partial charge in [-0.05, 0) is 60.8 Å². The lowest BCUT2D eigenvalue weighted by atomic mass is 10.0. The average Bonchev–Trinajstić information content (AvgIpc) is 2.60. The molecular formula is C20H11Br3O3. The highest BCUT2D eigenvalue weighted by Gasteiger charge is 2.13. The van der Waals surface area contributed by atoms with Crippen LogP contribution in [-0.2, 0) is 6.61 Å². The highest BCUT2D eigenvalue weighted by Crippen LogP contribution is 2.37. The van der Waals surface area contributed by atoms with Gasteiger partial charge in [-0.15, -0.1) is 0 Å². The van der Waals surface area contributed by atoms with Gasteiger partial charge in [0.2, 0.25) is 0 Å². The molecule has 0 N–H and O–H groups in total. The molecular weight excluding hydrogens is 528 g/mol. The van der Waals surface area contributed by atoms with Crippen LogP contribution in [0.15, 0.2) is 77.2 Å². The maximum atomic E-state index is 12.0. The first-order valence-corrected chi connectivity index (χ1v) is 10.1. The van der Waals surface area contributed by atoms with Crippen molar-refractivity contribution in [1.29, 1.82) is 0 Å². The Kier molecular flexibility index (Phi) is 4.90. The zero-order valence-corrected chi connectivity index (χ0v) is 18.0. The highest BCUT2D eigenvalue weighted by molar-refractivity contribution is 9.11. The fraction of sp³-hybridized carbons (Fsp3) is 0.0500. The molecule has 0 bridgehead atoms. The predicted molar refractivity (Wildman–Crippen MR) is 114 cm³/mol. The molecule has 0 radical (unpaired) electrons. The SMILES string of the molecule is O=c1cc(COc2c(Br)cc(Br)cc2Br)c2c(ccc3ccccc32)o1. The summed E-state index contributed by atoms with van der Waals surface area (Å²) in [5, 5.41) is 3.01. The van der Waals surface area contributed by atoms with Crippen LogP contribution in [0.5, 0.6) is 5.75 Å². The molecule has 0 aliphatic rings. The molecule has 26 heavy (non-hydrogen) atoms. The van der Waals surface area contributed by atoms with Crippen molar-refractivity contribution in [2.75, 3.05) is 0 Å². The van der Waals surface area contributed by atoms with Gasteiger partial charge in [0.25, 0.3) is 0 Å². The zero-order valence-electron chi connectivity index (χ0n) is 13.3. The summed E-state index contributed by atoms with van der Waals surface area (Å²) in [5.41, 5.74) is 0.957. The summed E-state index contributed by atoms with van der Waals surface area (Å²) in [4.78, 5) is 12.0. The lowest BCUT2D eigenvalue weighted by molar-refractivity contribution is 0.302. The van der Waals surface area contributed by atoms with Gasteiger partial charge < -0.3 is 9.15 Å². The van der Waals surface area contributed by atoms with Gasteiger partial charge in [0.1, 0.15) is 17.9 Å². The maximum Gasteiger partial charge on any atom is 0.336 e. The van der Waals surface area contributed by atoms with Gasteiger partial charge in [-0.25, -0.2) is 4.79 Å². The Labute approximate surface area is 174 Å². The third-order valence-corrected chi connectivity index (χ3v) is 5.69. The van der Waals surface area contributed by atoms with Crippen LogP contribution in [0.1, 0.15) is 5.56 Å². The standard InChI is InChI=1S/C20H11Br3O3/c21-13-8-15(22)20(16(23)9-13)25-10-12-7-18(24)26-17-6-5-11-3-1-2-4-14(11)19(12)17/h1-9H,10H2. The summed E-state index contributed by atoms with van der Waals surface area (Å²) in [6.07, 6.45) is 0. The maximum absolute atomic E-state index is 12.0. The van der Waals surface area contributed by atoms with Crippen molar-refractivity contribution in [3.63, 3.8) is 0 Å². The first-order valence-electron chi connectivity index (χ1n) is 7.75. The molecule has 1 aromatic heterocycles. The highest BCUT2D eigenvalue weighted by atomic mass is 79.9. The fourth-order valence-corrected chi connectivity index (χ4v) is 5.44. The molecule has 0 unspecified atom stereocenters. The molecule has 0 fully saturated rings. The van der Waals surface area contributed by atoms with E-state index in [-0.39, 0.29) is 12.2 Å². The lowest BCUT2D eigenvalue weighted by Gasteiger charge is -2.13. The normalized spacial score (nSPS) is 11.2. The topological polar surface area (TPSA) is 39.4 Å². The number of halogens is 3. The largest absolute Gasteiger partial charge is 0.487 e. The number of benzene rings is 3. The molecule has 0 saturated carbocycles. The van der Waals surface area contributed by atoms with Crippen molar-refractivity contribution in [2.45, 2.75) is 6.61 Å². The third-order valence-electron chi connectivity index (χ3n) is 4.05. The molecule has 4 aromatic rings. The molecule has 0 amide bonds. The Bertz CT molecular complexity index is 1170. The quantitative estimate of drug-likeness (QED) is 0.212. The Morgan fingerprint density at radius 1 is 0.923 bits per heavy atom. The third kappa shape index (κ3) is 3.33. The summed E-state index contributed by atoms with van der Waals surface area (Å²) >= 11 is 10.5. The van der Waals surface area contributed by atoms with Crippen molar-refractivity contribution < 1.29 is 9.15 Å². The molecule has 0 atom stereocenters. The van der Waals surface area contributed by atoms with E-state index >= 15 is 0 Å². The second-order valence-electron chi connectivity index (χ2n) is 5.74. The number of fused-ring (bicyclic) bond motifs is 3. The first-order chi connectivity index (χ1) is 12.5. The van der Waals surface area contributed by atoms with Crippen molar-refractivity contribution in [3.05, 3.63) is 84.0 Å². The van der Waals surface area contributed by atoms with Gasteiger partial charge in [0.15, 0.2) is 0 Å². The summed E-state index contributed by atoms with van der Waals surface area (Å²) in [6, 6.07) is 17.1. The number of hydrogen-bond acceptors (Lipinski definition) is 3. The molecule has 3 aromatic carbocycles. The van der Waals surface area contributed by atoms with E-state index in [1.165, 1.54) is 6.07 Å². The molecule has 1 heterocycles. The van der Waals surface area contributed by atoms with E-state index in [0.717, 1.165) is 35.1 Å². The van der Waals surface area contributed by atoms with E-state index in [1.807, 2.05) is 48.5 Å². The van der Waals surface area contributed by atoms with Crippen LogP contribution in [0.3, 0.4) is 0 Å². The van der Waals surface area contributed by atoms with Crippen LogP contribution < -0.4 is 10.4 Å². The van der Waals surface area contributed by atoms with Crippen LogP contribution in [0.2, 0.25) is 0 Å². The van der Waals surface area contributed by atoms with Crippen LogP contribution in [0.4, 0.5) is 0 Å². The molecule has 0 aliphatic heterocycles. The predicted octanol–water partition coefficient (Wildman–Crippen LogP) is 6.81. The van der Waals surface area contributed by atoms with Crippen LogP contribution in [0.25, 0.3) is 21.7 Å². The Morgan fingerprint density at radius 3 is 2.42 bits per heavy atom. The van der Waals surface area contributed by atoms with Crippen molar-refractivity contribution in [1.82, 2.24) is 0 Å². The second kappa shape index (κ2) is 7.18. The van der Waals surface area contributed by atoms with Crippen molar-refractivity contribution >= 4 is 69.5 Å². The van der Waals surface area contributed by atoms with Gasteiger partial charge >= 0.3 is 5.63 Å².